The molecule has 2 heterocycles. The number of benzene rings is 2. The zero-order valence-corrected chi connectivity index (χ0v) is 16.5. The number of aromatic hydroxyl groups is 1. The number of anilines is 1. The first kappa shape index (κ1) is 19.5. The van der Waals surface area contributed by atoms with E-state index in [9.17, 15) is 10.4 Å². The van der Waals surface area contributed by atoms with Crippen LogP contribution in [0.15, 0.2) is 48.5 Å². The first-order valence-corrected chi connectivity index (χ1v) is 9.54. The number of aromatic nitrogens is 3. The van der Waals surface area contributed by atoms with E-state index in [4.69, 9.17) is 9.47 Å². The van der Waals surface area contributed by atoms with Crippen LogP contribution in [0.1, 0.15) is 11.4 Å². The Hall–Kier alpha value is -3.83. The van der Waals surface area contributed by atoms with E-state index >= 15 is 0 Å². The first-order chi connectivity index (χ1) is 14.7. The van der Waals surface area contributed by atoms with Gasteiger partial charge in [0.05, 0.1) is 31.6 Å². The van der Waals surface area contributed by atoms with Crippen molar-refractivity contribution in [3.05, 3.63) is 59.9 Å². The molecule has 4 rings (SSSR count). The predicted molar refractivity (Wildman–Crippen MR) is 113 cm³/mol. The molecule has 0 aliphatic carbocycles. The molecule has 2 aromatic carbocycles. The number of nitrogens with zero attached hydrogens (tertiary/aromatic N) is 5. The molecule has 152 valence electrons. The van der Waals surface area contributed by atoms with Gasteiger partial charge in [-0.3, -0.25) is 4.57 Å². The molecule has 8 nitrogen and oxygen atoms in total. The predicted octanol–water partition coefficient (Wildman–Crippen LogP) is 2.88. The minimum absolute atomic E-state index is 0.00192. The van der Waals surface area contributed by atoms with Crippen molar-refractivity contribution in [3.8, 4) is 23.3 Å². The second kappa shape index (κ2) is 8.68. The van der Waals surface area contributed by atoms with Crippen molar-refractivity contribution in [2.45, 2.75) is 0 Å². The number of allylic oxidation sites excluding steroid dienone is 1. The van der Waals surface area contributed by atoms with Gasteiger partial charge in [0, 0.05) is 13.1 Å². The van der Waals surface area contributed by atoms with E-state index < -0.39 is 0 Å². The lowest BCUT2D eigenvalue weighted by molar-refractivity contribution is 0.122. The second-order valence-corrected chi connectivity index (χ2v) is 6.70. The summed E-state index contributed by atoms with van der Waals surface area (Å²) < 4.78 is 12.4. The molecule has 1 fully saturated rings. The third-order valence-electron chi connectivity index (χ3n) is 4.83. The van der Waals surface area contributed by atoms with Crippen molar-refractivity contribution in [3.63, 3.8) is 0 Å². The number of morpholine rings is 1. The Kier molecular flexibility index (Phi) is 5.63. The first-order valence-electron chi connectivity index (χ1n) is 9.54. The highest BCUT2D eigenvalue weighted by Crippen LogP contribution is 2.30. The summed E-state index contributed by atoms with van der Waals surface area (Å²) in [6, 6.07) is 16.9. The standard InChI is InChI=1S/C22H21N5O3/c1-29-20-8-7-16(14-19(20)28)13-17(15-23)21-24-25-22(26-9-11-30-12-10-26)27(21)18-5-3-2-4-6-18/h2-8,13-14,28H,9-12H2,1H3/b17-13+. The number of phenols is 1. The Morgan fingerprint density at radius 2 is 1.93 bits per heavy atom. The molecule has 30 heavy (non-hydrogen) atoms. The number of methoxy groups -OCH3 is 1. The summed E-state index contributed by atoms with van der Waals surface area (Å²) in [6.07, 6.45) is 1.67. The fourth-order valence-electron chi connectivity index (χ4n) is 3.34. The van der Waals surface area contributed by atoms with Gasteiger partial charge in [0.2, 0.25) is 5.95 Å². The molecule has 8 heteroatoms. The molecule has 3 aromatic rings. The van der Waals surface area contributed by atoms with E-state index in [1.165, 1.54) is 7.11 Å². The Bertz CT molecular complexity index is 1100. The number of phenolic OH excluding ortho intramolecular Hbond substituents is 1. The molecule has 0 unspecified atom stereocenters. The van der Waals surface area contributed by atoms with E-state index in [-0.39, 0.29) is 5.75 Å². The van der Waals surface area contributed by atoms with Crippen molar-refractivity contribution in [2.24, 2.45) is 0 Å². The van der Waals surface area contributed by atoms with E-state index in [2.05, 4.69) is 21.2 Å². The molecule has 0 saturated carbocycles. The van der Waals surface area contributed by atoms with Crippen molar-refractivity contribution >= 4 is 17.6 Å². The normalized spacial score (nSPS) is 14.4. The third kappa shape index (κ3) is 3.83. The summed E-state index contributed by atoms with van der Waals surface area (Å²) in [5, 5.41) is 28.7. The molecule has 1 N–H and O–H groups in total. The van der Waals surface area contributed by atoms with Gasteiger partial charge in [-0.1, -0.05) is 24.3 Å². The van der Waals surface area contributed by atoms with Crippen LogP contribution in [0.2, 0.25) is 0 Å². The monoisotopic (exact) mass is 403 g/mol. The van der Waals surface area contributed by atoms with Crippen molar-refractivity contribution in [1.29, 1.82) is 5.26 Å². The maximum atomic E-state index is 10.1. The summed E-state index contributed by atoms with van der Waals surface area (Å²) in [5.41, 5.74) is 1.84. The lowest BCUT2D eigenvalue weighted by Crippen LogP contribution is -2.38. The molecule has 0 spiro atoms. The van der Waals surface area contributed by atoms with Gasteiger partial charge in [0.1, 0.15) is 6.07 Å². The molecule has 1 aliphatic heterocycles. The maximum absolute atomic E-state index is 10.1. The van der Waals surface area contributed by atoms with Gasteiger partial charge >= 0.3 is 0 Å². The Morgan fingerprint density at radius 3 is 2.60 bits per heavy atom. The van der Waals surface area contributed by atoms with Crippen molar-refractivity contribution < 1.29 is 14.6 Å². The van der Waals surface area contributed by atoms with Gasteiger partial charge in [-0.2, -0.15) is 5.26 Å². The largest absolute Gasteiger partial charge is 0.504 e. The van der Waals surface area contributed by atoms with Crippen LogP contribution in [0, 0.1) is 11.3 Å². The van der Waals surface area contributed by atoms with Gasteiger partial charge in [-0.25, -0.2) is 0 Å². The van der Waals surface area contributed by atoms with Crippen molar-refractivity contribution in [2.75, 3.05) is 38.3 Å². The zero-order valence-electron chi connectivity index (χ0n) is 16.5. The van der Waals surface area contributed by atoms with Gasteiger partial charge in [0.25, 0.3) is 0 Å². The van der Waals surface area contributed by atoms with E-state index in [0.717, 1.165) is 5.69 Å². The smallest absolute Gasteiger partial charge is 0.232 e. The average Bonchev–Trinajstić information content (AvgIpc) is 3.24. The highest BCUT2D eigenvalue weighted by atomic mass is 16.5. The summed E-state index contributed by atoms with van der Waals surface area (Å²) in [7, 11) is 1.49. The number of hydrogen-bond donors (Lipinski definition) is 1. The maximum Gasteiger partial charge on any atom is 0.232 e. The topological polar surface area (TPSA) is 96.4 Å². The zero-order chi connectivity index (χ0) is 20.9. The number of ether oxygens (including phenoxy) is 2. The van der Waals surface area contributed by atoms with Gasteiger partial charge in [-0.05, 0) is 35.9 Å². The molecule has 0 bridgehead atoms. The molecular weight excluding hydrogens is 382 g/mol. The van der Waals surface area contributed by atoms with Crippen LogP contribution in [0.3, 0.4) is 0 Å². The van der Waals surface area contributed by atoms with Crippen LogP contribution >= 0.6 is 0 Å². The van der Waals surface area contributed by atoms with E-state index in [1.807, 2.05) is 34.9 Å². The van der Waals surface area contributed by atoms with E-state index in [0.29, 0.717) is 55.0 Å². The Labute approximate surface area is 174 Å². The van der Waals surface area contributed by atoms with Gasteiger partial charge in [-0.15, -0.1) is 10.2 Å². The molecule has 0 amide bonds. The Balaban J connectivity index is 1.81. The van der Waals surface area contributed by atoms with Crippen molar-refractivity contribution in [1.82, 2.24) is 14.8 Å². The highest BCUT2D eigenvalue weighted by Gasteiger charge is 2.23. The van der Waals surface area contributed by atoms with Crippen LogP contribution in [0.5, 0.6) is 11.5 Å². The molecule has 1 saturated heterocycles. The van der Waals surface area contributed by atoms with Crippen LogP contribution in [0.25, 0.3) is 17.3 Å². The van der Waals surface area contributed by atoms with Crippen LogP contribution < -0.4 is 9.64 Å². The minimum Gasteiger partial charge on any atom is -0.504 e. The van der Waals surface area contributed by atoms with Gasteiger partial charge in [0.15, 0.2) is 17.3 Å². The third-order valence-corrected chi connectivity index (χ3v) is 4.83. The molecule has 1 aliphatic rings. The fraction of sp³-hybridized carbons (Fsp3) is 0.227. The molecule has 0 radical (unpaired) electrons. The SMILES string of the molecule is COc1ccc(/C=C(\C#N)c2nnc(N3CCOCC3)n2-c2ccccc2)cc1O. The highest BCUT2D eigenvalue weighted by molar-refractivity contribution is 5.88. The van der Waals surface area contributed by atoms with Crippen LogP contribution in [-0.2, 0) is 4.74 Å². The lowest BCUT2D eigenvalue weighted by Gasteiger charge is -2.28. The number of hydrogen-bond acceptors (Lipinski definition) is 7. The fourth-order valence-corrected chi connectivity index (χ4v) is 3.34. The molecular formula is C22H21N5O3. The van der Waals surface area contributed by atoms with Crippen LogP contribution in [-0.4, -0.2) is 53.3 Å². The molecule has 1 aromatic heterocycles. The van der Waals surface area contributed by atoms with Gasteiger partial charge < -0.3 is 19.5 Å². The number of nitriles is 1. The lowest BCUT2D eigenvalue weighted by atomic mass is 10.1. The summed E-state index contributed by atoms with van der Waals surface area (Å²) in [5.74, 6) is 1.47. The Morgan fingerprint density at radius 1 is 1.17 bits per heavy atom. The summed E-state index contributed by atoms with van der Waals surface area (Å²) >= 11 is 0. The quantitative estimate of drug-likeness (QED) is 0.654. The van der Waals surface area contributed by atoms with E-state index in [1.54, 1.807) is 24.3 Å². The average molecular weight is 403 g/mol. The summed E-state index contributed by atoms with van der Waals surface area (Å²) in [6.45, 7) is 2.62. The second-order valence-electron chi connectivity index (χ2n) is 6.70. The summed E-state index contributed by atoms with van der Waals surface area (Å²) in [4.78, 5) is 2.10. The number of rotatable bonds is 5. The minimum atomic E-state index is 0.00192. The number of para-hydroxylation sites is 1. The van der Waals surface area contributed by atoms with Crippen LogP contribution in [0.4, 0.5) is 5.95 Å². The molecule has 0 atom stereocenters.